The maximum Gasteiger partial charge on any atom is 0.129 e. The van der Waals surface area contributed by atoms with Crippen molar-refractivity contribution in [1.29, 1.82) is 0 Å². The highest BCUT2D eigenvalue weighted by Gasteiger charge is 2.04. The predicted octanol–water partition coefficient (Wildman–Crippen LogP) is 17.1. The first-order valence-electron chi connectivity index (χ1n) is 17.9. The molecule has 0 amide bonds. The van der Waals surface area contributed by atoms with Gasteiger partial charge in [0.25, 0.3) is 0 Å². The molecule has 306 valence electrons. The van der Waals surface area contributed by atoms with Crippen LogP contribution in [-0.2, 0) is 0 Å². The molecule has 0 aliphatic heterocycles. The van der Waals surface area contributed by atoms with Gasteiger partial charge in [-0.3, -0.25) is 0 Å². The summed E-state index contributed by atoms with van der Waals surface area (Å²) in [5.41, 5.74) is 9.84. The summed E-state index contributed by atoms with van der Waals surface area (Å²) < 4.78 is 63.1. The molecule has 0 spiro atoms. The van der Waals surface area contributed by atoms with Crippen LogP contribution in [0.15, 0.2) is 91.0 Å². The molecule has 6 aromatic rings. The molecule has 0 saturated carbocycles. The molecule has 57 heavy (non-hydrogen) atoms. The van der Waals surface area contributed by atoms with Crippen LogP contribution in [0.3, 0.4) is 0 Å². The fourth-order valence-corrected chi connectivity index (χ4v) is 5.50. The van der Waals surface area contributed by atoms with Crippen LogP contribution < -0.4 is 0 Å². The summed E-state index contributed by atoms with van der Waals surface area (Å²) in [7, 11) is 0. The molecule has 0 aliphatic rings. The van der Waals surface area contributed by atoms with E-state index in [-0.39, 0.29) is 23.0 Å². The topological polar surface area (TPSA) is 0 Å². The zero-order valence-electron chi connectivity index (χ0n) is 34.6. The Balaban J connectivity index is 0.000000342. The molecule has 0 unspecified atom stereocenters. The normalized spacial score (nSPS) is 9.84. The monoisotopic (exact) mass is 862 g/mol. The van der Waals surface area contributed by atoms with Gasteiger partial charge in [0, 0.05) is 31.2 Å². The van der Waals surface area contributed by atoms with E-state index in [0.717, 1.165) is 48.4 Å². The molecule has 6 aromatic carbocycles. The highest BCUT2D eigenvalue weighted by molar-refractivity contribution is 6.36. The molecule has 0 fully saturated rings. The summed E-state index contributed by atoms with van der Waals surface area (Å²) in [5.74, 6) is -1.41. The second kappa shape index (κ2) is 24.8. The first kappa shape index (κ1) is 51.1. The number of halogens is 9. The van der Waals surface area contributed by atoms with Crippen molar-refractivity contribution in [2.24, 2.45) is 0 Å². The second-order valence-electron chi connectivity index (χ2n) is 13.8. The Morgan fingerprint density at radius 3 is 0.842 bits per heavy atom. The van der Waals surface area contributed by atoms with Crippen molar-refractivity contribution >= 4 is 46.4 Å². The van der Waals surface area contributed by atoms with Crippen molar-refractivity contribution in [1.82, 2.24) is 0 Å². The zero-order chi connectivity index (χ0) is 43.7. The van der Waals surface area contributed by atoms with Gasteiger partial charge in [-0.15, -0.1) is 0 Å². The highest BCUT2D eigenvalue weighted by atomic mass is 35.5. The van der Waals surface area contributed by atoms with Crippen molar-refractivity contribution in [2.75, 3.05) is 0 Å². The van der Waals surface area contributed by atoms with Gasteiger partial charge in [-0.2, -0.15) is 0 Å². The van der Waals surface area contributed by atoms with Crippen LogP contribution >= 0.6 is 46.4 Å². The Morgan fingerprint density at radius 2 is 0.526 bits per heavy atom. The summed E-state index contributed by atoms with van der Waals surface area (Å²) in [4.78, 5) is 0. The molecule has 0 atom stereocenters. The SMILES string of the molecule is Cc1cc(Cl)c(C)c(Cl)c1.Cc1cc(F)c(C)c(Cl)c1.Cc1cc(F)c(C)c(F)c1.Cc1ccc(C)c(Cl)c1.Cc1ccc(C)c(F)c1.Cc1ccc(C)c(F)c1. The van der Waals surface area contributed by atoms with Crippen LogP contribution in [0, 0.1) is 112 Å². The first-order chi connectivity index (χ1) is 26.4. The number of aryl methyl sites for hydroxylation is 9. The van der Waals surface area contributed by atoms with Gasteiger partial charge in [0.15, 0.2) is 0 Å². The lowest BCUT2D eigenvalue weighted by Gasteiger charge is -2.01. The van der Waals surface area contributed by atoms with Crippen molar-refractivity contribution in [3.05, 3.63) is 207 Å². The minimum atomic E-state index is -0.475. The van der Waals surface area contributed by atoms with E-state index in [1.165, 1.54) is 42.8 Å². The molecule has 0 nitrogen and oxygen atoms in total. The quantitative estimate of drug-likeness (QED) is 0.134. The van der Waals surface area contributed by atoms with Gasteiger partial charge >= 0.3 is 0 Å². The molecule has 9 heteroatoms. The van der Waals surface area contributed by atoms with Crippen molar-refractivity contribution in [3.8, 4) is 0 Å². The van der Waals surface area contributed by atoms with Gasteiger partial charge in [0.1, 0.15) is 29.1 Å². The lowest BCUT2D eigenvalue weighted by molar-refractivity contribution is 0.566. The fraction of sp³-hybridized carbons (Fsp3) is 0.250. The summed E-state index contributed by atoms with van der Waals surface area (Å²) in [6.45, 7) is 21.7. The molecular formula is C48H51Cl4F5. The summed E-state index contributed by atoms with van der Waals surface area (Å²) >= 11 is 23.2. The zero-order valence-corrected chi connectivity index (χ0v) is 37.6. The third kappa shape index (κ3) is 19.0. The van der Waals surface area contributed by atoms with Crippen molar-refractivity contribution in [3.63, 3.8) is 0 Å². The fourth-order valence-electron chi connectivity index (χ4n) is 4.41. The molecule has 0 bridgehead atoms. The van der Waals surface area contributed by atoms with Gasteiger partial charge in [0.2, 0.25) is 0 Å². The third-order valence-electron chi connectivity index (χ3n) is 8.26. The Hall–Kier alpha value is -3.87. The lowest BCUT2D eigenvalue weighted by Crippen LogP contribution is -1.88. The van der Waals surface area contributed by atoms with E-state index in [0.29, 0.717) is 27.3 Å². The van der Waals surface area contributed by atoms with E-state index in [1.807, 2.05) is 84.9 Å². The van der Waals surface area contributed by atoms with E-state index >= 15 is 0 Å². The van der Waals surface area contributed by atoms with Gasteiger partial charge < -0.3 is 0 Å². The minimum absolute atomic E-state index is 0.0885. The smallest absolute Gasteiger partial charge is 0.129 e. The third-order valence-corrected chi connectivity index (χ3v) is 9.84. The lowest BCUT2D eigenvalue weighted by atomic mass is 10.1. The molecule has 0 heterocycles. The maximum absolute atomic E-state index is 12.8. The largest absolute Gasteiger partial charge is 0.207 e. The number of hydrogen-bond acceptors (Lipinski definition) is 0. The number of benzene rings is 6. The van der Waals surface area contributed by atoms with Gasteiger partial charge in [-0.05, 0) is 193 Å². The van der Waals surface area contributed by atoms with E-state index < -0.39 is 11.6 Å². The molecular weight excluding hydrogens is 813 g/mol. The standard InChI is InChI=1S/C8H8Cl2.C8H8ClF.C8H9Cl.C8H8F2.2C8H9F/c2*1-5-3-7(9)6(2)8(10)4-5;1-6-3-4-7(2)8(9)5-6;1-5-3-7(9)6(2)8(10)4-5;2*1-6-3-4-7(2)8(9)5-6/h2*3-4H,1-2H3;3-5H,1-2H3;3-4H,1-2H3;2*3-5H,1-2H3. The number of rotatable bonds is 0. The van der Waals surface area contributed by atoms with Gasteiger partial charge in [-0.25, -0.2) is 22.0 Å². The van der Waals surface area contributed by atoms with E-state index in [2.05, 4.69) is 6.07 Å². The average Bonchev–Trinajstić information content (AvgIpc) is 3.11. The van der Waals surface area contributed by atoms with Crippen LogP contribution in [0.2, 0.25) is 20.1 Å². The summed E-state index contributed by atoms with van der Waals surface area (Å²) in [6.07, 6.45) is 0. The summed E-state index contributed by atoms with van der Waals surface area (Å²) in [5, 5.41) is 2.84. The van der Waals surface area contributed by atoms with Crippen LogP contribution in [-0.4, -0.2) is 0 Å². The Labute approximate surface area is 356 Å². The minimum Gasteiger partial charge on any atom is -0.207 e. The van der Waals surface area contributed by atoms with Crippen LogP contribution in [0.4, 0.5) is 22.0 Å². The molecule has 0 aromatic heterocycles. The number of hydrogen-bond donors (Lipinski definition) is 0. The Kier molecular flexibility index (Phi) is 22.3. The maximum atomic E-state index is 12.8. The van der Waals surface area contributed by atoms with E-state index in [1.54, 1.807) is 45.9 Å². The van der Waals surface area contributed by atoms with Gasteiger partial charge in [-0.1, -0.05) is 82.8 Å². The molecule has 0 radical (unpaired) electrons. The van der Waals surface area contributed by atoms with Crippen molar-refractivity contribution in [2.45, 2.75) is 83.1 Å². The van der Waals surface area contributed by atoms with Crippen molar-refractivity contribution < 1.29 is 22.0 Å². The first-order valence-corrected chi connectivity index (χ1v) is 19.4. The molecule has 0 N–H and O–H groups in total. The van der Waals surface area contributed by atoms with Crippen LogP contribution in [0.25, 0.3) is 0 Å². The predicted molar refractivity (Wildman–Crippen MR) is 235 cm³/mol. The van der Waals surface area contributed by atoms with Crippen LogP contribution in [0.5, 0.6) is 0 Å². The van der Waals surface area contributed by atoms with Gasteiger partial charge in [0.05, 0.1) is 0 Å². The van der Waals surface area contributed by atoms with E-state index in [4.69, 9.17) is 46.4 Å². The molecule has 0 aliphatic carbocycles. The highest BCUT2D eigenvalue weighted by Crippen LogP contribution is 2.25. The Bertz CT molecular complexity index is 1910. The summed E-state index contributed by atoms with van der Waals surface area (Å²) in [6, 6.07) is 26.2. The molecule has 6 rings (SSSR count). The molecule has 0 saturated heterocycles. The Morgan fingerprint density at radius 1 is 0.263 bits per heavy atom. The van der Waals surface area contributed by atoms with E-state index in [9.17, 15) is 22.0 Å². The second-order valence-corrected chi connectivity index (χ2v) is 15.4. The average molecular weight is 865 g/mol. The van der Waals surface area contributed by atoms with Crippen LogP contribution in [0.1, 0.15) is 66.8 Å².